The number of hydrogen-bond acceptors (Lipinski definition) is 6. The summed E-state index contributed by atoms with van der Waals surface area (Å²) in [6.07, 6.45) is 10.6. The molecule has 240 valence electrons. The molecule has 3 aliphatic heterocycles. The van der Waals surface area contributed by atoms with Crippen LogP contribution in [0.4, 0.5) is 4.39 Å². The van der Waals surface area contributed by atoms with E-state index in [0.717, 1.165) is 32.2 Å². The zero-order valence-corrected chi connectivity index (χ0v) is 26.5. The maximum atomic E-state index is 16.2. The molecule has 1 aromatic carbocycles. The van der Waals surface area contributed by atoms with Crippen LogP contribution in [0.1, 0.15) is 82.6 Å². The molecule has 0 spiro atoms. The first-order chi connectivity index (χ1) is 21.4. The van der Waals surface area contributed by atoms with Gasteiger partial charge in [0.05, 0.1) is 35.9 Å². The third kappa shape index (κ3) is 5.75. The zero-order valence-electron chi connectivity index (χ0n) is 26.5. The van der Waals surface area contributed by atoms with Crippen LogP contribution in [0, 0.1) is 17.8 Å². The molecule has 1 aromatic rings. The van der Waals surface area contributed by atoms with Crippen LogP contribution in [0.5, 0.6) is 0 Å². The molecule has 1 amide bonds. The van der Waals surface area contributed by atoms with Crippen LogP contribution in [-0.2, 0) is 14.3 Å². The van der Waals surface area contributed by atoms with Crippen molar-refractivity contribution in [1.82, 2.24) is 20.4 Å². The van der Waals surface area contributed by atoms with E-state index in [-0.39, 0.29) is 47.8 Å². The Balaban J connectivity index is 1.13. The van der Waals surface area contributed by atoms with Crippen molar-refractivity contribution in [3.63, 3.8) is 0 Å². The second-order valence-corrected chi connectivity index (χ2v) is 14.8. The molecule has 0 radical (unpaired) electrons. The number of nitrogens with zero attached hydrogens (tertiary/aromatic N) is 2. The minimum absolute atomic E-state index is 0.0101. The molecular formula is C36H51FN4O3. The summed E-state index contributed by atoms with van der Waals surface area (Å²) in [5.74, 6) is 0.452. The van der Waals surface area contributed by atoms with Crippen molar-refractivity contribution in [2.75, 3.05) is 26.7 Å². The number of rotatable bonds is 8. The third-order valence-corrected chi connectivity index (χ3v) is 12.2. The van der Waals surface area contributed by atoms with Gasteiger partial charge in [-0.05, 0) is 75.4 Å². The Bertz CT molecular complexity index is 1230. The van der Waals surface area contributed by atoms with Crippen LogP contribution >= 0.6 is 0 Å². The number of nitrogens with one attached hydrogen (secondary N) is 2. The fraction of sp³-hybridized carbons (Fsp3) is 0.722. The Morgan fingerprint density at radius 1 is 1.07 bits per heavy atom. The molecule has 8 heteroatoms. The molecule has 0 aromatic heterocycles. The van der Waals surface area contributed by atoms with E-state index >= 15 is 4.39 Å². The van der Waals surface area contributed by atoms with Gasteiger partial charge >= 0.3 is 0 Å². The van der Waals surface area contributed by atoms with E-state index in [0.29, 0.717) is 31.0 Å². The largest absolute Gasteiger partial charge is 0.369 e. The molecule has 0 bridgehead atoms. The monoisotopic (exact) mass is 606 g/mol. The van der Waals surface area contributed by atoms with E-state index in [1.165, 1.54) is 37.7 Å². The highest BCUT2D eigenvalue weighted by Gasteiger charge is 2.59. The van der Waals surface area contributed by atoms with Gasteiger partial charge in [-0.3, -0.25) is 9.59 Å². The fourth-order valence-electron chi connectivity index (χ4n) is 9.70. The minimum atomic E-state index is -1.22. The van der Waals surface area contributed by atoms with Crippen LogP contribution in [0.25, 0.3) is 0 Å². The number of ether oxygens (including phenoxy) is 1. The van der Waals surface area contributed by atoms with Crippen molar-refractivity contribution in [2.45, 2.75) is 120 Å². The Morgan fingerprint density at radius 3 is 2.59 bits per heavy atom. The number of likely N-dealkylation sites (tertiary alicyclic amines) is 1. The summed E-state index contributed by atoms with van der Waals surface area (Å²) in [6.45, 7) is 4.45. The molecule has 3 saturated carbocycles. The van der Waals surface area contributed by atoms with Crippen LogP contribution in [0.3, 0.4) is 0 Å². The van der Waals surface area contributed by atoms with Gasteiger partial charge in [0.15, 0.2) is 5.78 Å². The number of ketones is 1. The van der Waals surface area contributed by atoms with Crippen molar-refractivity contribution < 1.29 is 18.7 Å². The maximum absolute atomic E-state index is 16.2. The molecule has 7 nitrogen and oxygen atoms in total. The summed E-state index contributed by atoms with van der Waals surface area (Å²) in [7, 11) is 2.14. The number of halogens is 1. The Kier molecular flexibility index (Phi) is 8.86. The summed E-state index contributed by atoms with van der Waals surface area (Å²) in [4.78, 5) is 32.2. The molecule has 6 aliphatic rings. The van der Waals surface area contributed by atoms with E-state index in [1.54, 1.807) is 0 Å². The summed E-state index contributed by atoms with van der Waals surface area (Å²) in [5.41, 5.74) is 1.43. The lowest BCUT2D eigenvalue weighted by Crippen LogP contribution is -2.73. The number of alkyl halides is 1. The Hall–Kier alpha value is -2.29. The van der Waals surface area contributed by atoms with E-state index in [4.69, 9.17) is 4.74 Å². The lowest BCUT2D eigenvalue weighted by molar-refractivity contribution is -0.208. The van der Waals surface area contributed by atoms with Gasteiger partial charge in [-0.1, -0.05) is 62.9 Å². The van der Waals surface area contributed by atoms with Crippen molar-refractivity contribution in [1.29, 1.82) is 0 Å². The molecule has 7 rings (SSSR count). The number of benzene rings is 1. The predicted molar refractivity (Wildman–Crippen MR) is 169 cm³/mol. The topological polar surface area (TPSA) is 73.9 Å². The smallest absolute Gasteiger partial charge is 0.256 e. The molecule has 3 aliphatic carbocycles. The van der Waals surface area contributed by atoms with Gasteiger partial charge in [0, 0.05) is 31.2 Å². The number of hydrogen-bond donors (Lipinski definition) is 2. The van der Waals surface area contributed by atoms with Crippen molar-refractivity contribution in [2.24, 2.45) is 17.8 Å². The van der Waals surface area contributed by atoms with E-state index < -0.39 is 24.2 Å². The molecule has 44 heavy (non-hydrogen) atoms. The molecular weight excluding hydrogens is 555 g/mol. The maximum Gasteiger partial charge on any atom is 0.256 e. The van der Waals surface area contributed by atoms with Gasteiger partial charge < -0.3 is 25.2 Å². The zero-order chi connectivity index (χ0) is 30.4. The molecule has 5 fully saturated rings. The highest BCUT2D eigenvalue weighted by Crippen LogP contribution is 2.50. The van der Waals surface area contributed by atoms with Crippen molar-refractivity contribution >= 4 is 11.7 Å². The summed E-state index contributed by atoms with van der Waals surface area (Å²) in [6, 6.07) is 10.2. The number of carbonyl (C=O) groups excluding carboxylic acids is 2. The quantitative estimate of drug-likeness (QED) is 0.422. The van der Waals surface area contributed by atoms with E-state index in [1.807, 2.05) is 24.4 Å². The van der Waals surface area contributed by atoms with Gasteiger partial charge in [0.1, 0.15) is 6.17 Å². The Morgan fingerprint density at radius 2 is 1.84 bits per heavy atom. The van der Waals surface area contributed by atoms with Gasteiger partial charge in [-0.2, -0.15) is 0 Å². The van der Waals surface area contributed by atoms with Crippen LogP contribution < -0.4 is 10.6 Å². The first-order valence-corrected chi connectivity index (χ1v) is 17.5. The summed E-state index contributed by atoms with van der Waals surface area (Å²) >= 11 is 0. The molecule has 3 heterocycles. The van der Waals surface area contributed by atoms with Gasteiger partial charge in [0.2, 0.25) is 0 Å². The molecule has 11 unspecified atom stereocenters. The van der Waals surface area contributed by atoms with Crippen LogP contribution in [0.2, 0.25) is 0 Å². The van der Waals surface area contributed by atoms with Gasteiger partial charge in [-0.15, -0.1) is 0 Å². The number of morpholine rings is 1. The number of fused-ring (bicyclic) bond motifs is 3. The first-order valence-electron chi connectivity index (χ1n) is 17.5. The average Bonchev–Trinajstić information content (AvgIpc) is 3.45. The highest BCUT2D eigenvalue weighted by atomic mass is 19.1. The Labute approximate surface area is 262 Å². The standard InChI is InChI=1S/C36H51FN4O3/c1-22(23-9-4-3-5-10-23)20-39-32-29(37)19-27-33-35(32)44-31-18-25-12-7-6-11-24(25)17-30(31)41(33)21-28(34(27)42)36(43)38-15-14-26-13-8-16-40(26)2/h3-5,9-10,21-22,24-27,29-33,35,39H,6-8,11-20H2,1-2H3,(H,38,43). The number of Topliss-reactive ketones (excluding diaryl/α,β-unsaturated/α-hetero) is 1. The molecule has 2 saturated heterocycles. The third-order valence-electron chi connectivity index (χ3n) is 12.2. The number of amides is 1. The minimum Gasteiger partial charge on any atom is -0.369 e. The number of carbonyl (C=O) groups is 2. The first kappa shape index (κ1) is 30.4. The van der Waals surface area contributed by atoms with E-state index in [9.17, 15) is 9.59 Å². The second-order valence-electron chi connectivity index (χ2n) is 14.8. The SMILES string of the molecule is CC(CNC1C(F)CC2C(=O)C(C(=O)NCCC3CCCN3C)=CN3C4CC5CCCCC5CC4OC1C23)c1ccccc1. The van der Waals surface area contributed by atoms with Crippen LogP contribution in [-0.4, -0.2) is 90.7 Å². The predicted octanol–water partition coefficient (Wildman–Crippen LogP) is 4.58. The lowest BCUT2D eigenvalue weighted by atomic mass is 9.65. The van der Waals surface area contributed by atoms with Crippen molar-refractivity contribution in [3.8, 4) is 0 Å². The van der Waals surface area contributed by atoms with E-state index in [2.05, 4.69) is 46.5 Å². The second kappa shape index (κ2) is 12.8. The van der Waals surface area contributed by atoms with Gasteiger partial charge in [0.25, 0.3) is 5.91 Å². The average molecular weight is 607 g/mol. The normalized spacial score (nSPS) is 39.1. The van der Waals surface area contributed by atoms with Crippen LogP contribution in [0.15, 0.2) is 42.1 Å². The fourth-order valence-corrected chi connectivity index (χ4v) is 9.70. The highest BCUT2D eigenvalue weighted by molar-refractivity contribution is 6.20. The lowest BCUT2D eigenvalue weighted by Gasteiger charge is -2.61. The molecule has 11 atom stereocenters. The molecule has 2 N–H and O–H groups in total. The van der Waals surface area contributed by atoms with Gasteiger partial charge in [-0.25, -0.2) is 4.39 Å². The summed E-state index contributed by atoms with van der Waals surface area (Å²) in [5, 5.41) is 6.64. The summed E-state index contributed by atoms with van der Waals surface area (Å²) < 4.78 is 23.2. The van der Waals surface area contributed by atoms with Crippen molar-refractivity contribution in [3.05, 3.63) is 47.7 Å².